The third kappa shape index (κ3) is 4.25. The number of aromatic nitrogens is 4. The molecule has 3 aromatic rings. The molecule has 1 amide bonds. The molecule has 4 rings (SSSR count). The van der Waals surface area contributed by atoms with E-state index in [4.69, 9.17) is 4.42 Å². The standard InChI is InChI=1S/C21H25FN6O2/c1-15(2)19(20-23-24-25-28(20)14-16-5-7-17(22)8-6-16)26-9-11-27(12-10-26)21(29)18-4-3-13-30-18/h3-8,13,15,19H,9-12,14H2,1-2H3/t19-/m1/s1. The number of carbonyl (C=O) groups excluding carboxylic acids is 1. The van der Waals surface area contributed by atoms with Crippen molar-refractivity contribution >= 4 is 5.91 Å². The predicted molar refractivity (Wildman–Crippen MR) is 107 cm³/mol. The molecule has 1 aromatic carbocycles. The molecule has 0 radical (unpaired) electrons. The van der Waals surface area contributed by atoms with Gasteiger partial charge in [-0.2, -0.15) is 0 Å². The van der Waals surface area contributed by atoms with Gasteiger partial charge in [0.15, 0.2) is 11.6 Å². The Bertz CT molecular complexity index is 962. The molecule has 0 spiro atoms. The fourth-order valence-electron chi connectivity index (χ4n) is 3.94. The van der Waals surface area contributed by atoms with Crippen molar-refractivity contribution in [2.45, 2.75) is 26.4 Å². The van der Waals surface area contributed by atoms with Crippen molar-refractivity contribution in [1.29, 1.82) is 0 Å². The fraction of sp³-hybridized carbons (Fsp3) is 0.429. The summed E-state index contributed by atoms with van der Waals surface area (Å²) in [6.07, 6.45) is 1.51. The highest BCUT2D eigenvalue weighted by Crippen LogP contribution is 2.28. The van der Waals surface area contributed by atoms with Gasteiger partial charge in [-0.05, 0) is 46.2 Å². The van der Waals surface area contributed by atoms with Crippen molar-refractivity contribution in [3.05, 3.63) is 65.6 Å². The summed E-state index contributed by atoms with van der Waals surface area (Å²) < 4.78 is 20.2. The molecule has 1 atom stereocenters. The van der Waals surface area contributed by atoms with Gasteiger partial charge in [-0.1, -0.05) is 26.0 Å². The zero-order valence-electron chi connectivity index (χ0n) is 17.1. The lowest BCUT2D eigenvalue weighted by atomic mass is 10.0. The molecular weight excluding hydrogens is 387 g/mol. The molecule has 0 saturated carbocycles. The lowest BCUT2D eigenvalue weighted by Crippen LogP contribution is -2.50. The van der Waals surface area contributed by atoms with Crippen LogP contribution in [0.1, 0.15) is 41.8 Å². The largest absolute Gasteiger partial charge is 0.459 e. The minimum atomic E-state index is -0.266. The Morgan fingerprint density at radius 3 is 2.50 bits per heavy atom. The molecule has 8 nitrogen and oxygen atoms in total. The average molecular weight is 412 g/mol. The number of amides is 1. The van der Waals surface area contributed by atoms with E-state index in [0.717, 1.165) is 24.5 Å². The van der Waals surface area contributed by atoms with Crippen LogP contribution in [0.2, 0.25) is 0 Å². The normalized spacial score (nSPS) is 16.2. The first-order valence-electron chi connectivity index (χ1n) is 10.1. The van der Waals surface area contributed by atoms with E-state index in [1.54, 1.807) is 28.9 Å². The minimum absolute atomic E-state index is 0.0151. The molecule has 3 heterocycles. The number of tetrazole rings is 1. The van der Waals surface area contributed by atoms with Crippen LogP contribution in [0.15, 0.2) is 47.1 Å². The number of benzene rings is 1. The zero-order valence-corrected chi connectivity index (χ0v) is 17.1. The Morgan fingerprint density at radius 1 is 1.13 bits per heavy atom. The van der Waals surface area contributed by atoms with Gasteiger partial charge in [0.25, 0.3) is 5.91 Å². The van der Waals surface area contributed by atoms with E-state index in [1.165, 1.54) is 18.4 Å². The average Bonchev–Trinajstić information content (AvgIpc) is 3.43. The van der Waals surface area contributed by atoms with Crippen LogP contribution in [0.5, 0.6) is 0 Å². The molecule has 0 aliphatic carbocycles. The van der Waals surface area contributed by atoms with E-state index in [2.05, 4.69) is 34.3 Å². The van der Waals surface area contributed by atoms with Gasteiger partial charge in [0.2, 0.25) is 0 Å². The molecular formula is C21H25FN6O2. The van der Waals surface area contributed by atoms with Crippen LogP contribution in [-0.4, -0.2) is 62.1 Å². The van der Waals surface area contributed by atoms with Gasteiger partial charge in [0, 0.05) is 26.2 Å². The summed E-state index contributed by atoms with van der Waals surface area (Å²) >= 11 is 0. The van der Waals surface area contributed by atoms with Crippen LogP contribution in [-0.2, 0) is 6.54 Å². The van der Waals surface area contributed by atoms with Crippen molar-refractivity contribution < 1.29 is 13.6 Å². The summed E-state index contributed by atoms with van der Waals surface area (Å²) in [6.45, 7) is 7.43. The molecule has 0 bridgehead atoms. The Hall–Kier alpha value is -3.07. The van der Waals surface area contributed by atoms with E-state index in [1.807, 2.05) is 4.90 Å². The van der Waals surface area contributed by atoms with E-state index in [0.29, 0.717) is 25.4 Å². The van der Waals surface area contributed by atoms with Gasteiger partial charge in [-0.3, -0.25) is 9.69 Å². The molecule has 1 aliphatic rings. The van der Waals surface area contributed by atoms with Crippen LogP contribution in [0, 0.1) is 11.7 Å². The molecule has 2 aromatic heterocycles. The predicted octanol–water partition coefficient (Wildman–Crippen LogP) is 2.61. The van der Waals surface area contributed by atoms with Crippen molar-refractivity contribution in [3.63, 3.8) is 0 Å². The SMILES string of the molecule is CC(C)[C@H](c1nnnn1Cc1ccc(F)cc1)N1CCN(C(=O)c2ccco2)CC1. The molecule has 1 fully saturated rings. The van der Waals surface area contributed by atoms with Crippen molar-refractivity contribution in [2.75, 3.05) is 26.2 Å². The third-order valence-corrected chi connectivity index (χ3v) is 5.43. The van der Waals surface area contributed by atoms with Gasteiger partial charge >= 0.3 is 0 Å². The zero-order chi connectivity index (χ0) is 21.1. The van der Waals surface area contributed by atoms with Crippen molar-refractivity contribution in [2.24, 2.45) is 5.92 Å². The van der Waals surface area contributed by atoms with Gasteiger partial charge < -0.3 is 9.32 Å². The summed E-state index contributed by atoms with van der Waals surface area (Å²) in [6, 6.07) is 9.78. The summed E-state index contributed by atoms with van der Waals surface area (Å²) in [5, 5.41) is 12.4. The van der Waals surface area contributed by atoms with Crippen LogP contribution >= 0.6 is 0 Å². The monoisotopic (exact) mass is 412 g/mol. The maximum absolute atomic E-state index is 13.2. The van der Waals surface area contributed by atoms with Crippen LogP contribution < -0.4 is 0 Å². The third-order valence-electron chi connectivity index (χ3n) is 5.43. The molecule has 158 valence electrons. The lowest BCUT2D eigenvalue weighted by Gasteiger charge is -2.40. The first-order valence-corrected chi connectivity index (χ1v) is 10.1. The van der Waals surface area contributed by atoms with Crippen molar-refractivity contribution in [1.82, 2.24) is 30.0 Å². The second-order valence-corrected chi connectivity index (χ2v) is 7.82. The van der Waals surface area contributed by atoms with Crippen LogP contribution in [0.25, 0.3) is 0 Å². The first kappa shape index (κ1) is 20.2. The maximum Gasteiger partial charge on any atom is 0.289 e. The molecule has 30 heavy (non-hydrogen) atoms. The minimum Gasteiger partial charge on any atom is -0.459 e. The topological polar surface area (TPSA) is 80.3 Å². The van der Waals surface area contributed by atoms with E-state index >= 15 is 0 Å². The first-order chi connectivity index (χ1) is 14.5. The Balaban J connectivity index is 1.47. The van der Waals surface area contributed by atoms with Crippen LogP contribution in [0.4, 0.5) is 4.39 Å². The highest BCUT2D eigenvalue weighted by atomic mass is 19.1. The second kappa shape index (κ2) is 8.74. The lowest BCUT2D eigenvalue weighted by molar-refractivity contribution is 0.0464. The Morgan fingerprint density at radius 2 is 1.87 bits per heavy atom. The number of halogens is 1. The van der Waals surface area contributed by atoms with E-state index < -0.39 is 0 Å². The summed E-state index contributed by atoms with van der Waals surface area (Å²) in [5.41, 5.74) is 0.932. The fourth-order valence-corrected chi connectivity index (χ4v) is 3.94. The quantitative estimate of drug-likeness (QED) is 0.619. The Kier molecular flexibility index (Phi) is 5.89. The van der Waals surface area contributed by atoms with Gasteiger partial charge in [0.05, 0.1) is 18.8 Å². The number of piperazine rings is 1. The maximum atomic E-state index is 13.2. The van der Waals surface area contributed by atoms with Crippen LogP contribution in [0.3, 0.4) is 0 Å². The molecule has 9 heteroatoms. The highest BCUT2D eigenvalue weighted by Gasteiger charge is 2.33. The van der Waals surface area contributed by atoms with Gasteiger partial charge in [0.1, 0.15) is 5.82 Å². The number of rotatable bonds is 6. The summed E-state index contributed by atoms with van der Waals surface area (Å²) in [5.74, 6) is 1.07. The van der Waals surface area contributed by atoms with Gasteiger partial charge in [-0.25, -0.2) is 9.07 Å². The molecule has 0 unspecified atom stereocenters. The smallest absolute Gasteiger partial charge is 0.289 e. The summed E-state index contributed by atoms with van der Waals surface area (Å²) in [7, 11) is 0. The molecule has 1 saturated heterocycles. The number of furan rings is 1. The summed E-state index contributed by atoms with van der Waals surface area (Å²) in [4.78, 5) is 16.7. The Labute approximate surface area is 174 Å². The van der Waals surface area contributed by atoms with Gasteiger partial charge in [-0.15, -0.1) is 5.10 Å². The highest BCUT2D eigenvalue weighted by molar-refractivity contribution is 5.91. The van der Waals surface area contributed by atoms with E-state index in [9.17, 15) is 9.18 Å². The second-order valence-electron chi connectivity index (χ2n) is 7.82. The number of carbonyl (C=O) groups is 1. The van der Waals surface area contributed by atoms with Crippen molar-refractivity contribution in [3.8, 4) is 0 Å². The number of nitrogens with zero attached hydrogens (tertiary/aromatic N) is 6. The number of hydrogen-bond acceptors (Lipinski definition) is 6. The molecule has 0 N–H and O–H groups in total. The van der Waals surface area contributed by atoms with E-state index in [-0.39, 0.29) is 23.7 Å². The number of hydrogen-bond donors (Lipinski definition) is 0. The molecule has 1 aliphatic heterocycles.